The maximum atomic E-state index is 9.01. The third-order valence-corrected chi connectivity index (χ3v) is 2.10. The number of hydrogen-bond donors (Lipinski definition) is 1. The van der Waals surface area contributed by atoms with E-state index in [0.717, 1.165) is 10.5 Å². The fraction of sp³-hybridized carbons (Fsp3) is 0. The van der Waals surface area contributed by atoms with Crippen molar-refractivity contribution in [2.75, 3.05) is 0 Å². The molecule has 0 saturated carbocycles. The molecule has 62 valence electrons. The van der Waals surface area contributed by atoms with Gasteiger partial charge in [0.05, 0.1) is 0 Å². The number of thioether (sulfide) groups is 1. The summed E-state index contributed by atoms with van der Waals surface area (Å²) < 4.78 is 0. The van der Waals surface area contributed by atoms with Crippen LogP contribution in [0.2, 0.25) is 0 Å². The summed E-state index contributed by atoms with van der Waals surface area (Å²) in [7, 11) is 0. The molecular weight excluding hydrogens is 168 g/mol. The average molecular weight is 178 g/mol. The molecule has 0 bridgehead atoms. The van der Waals surface area contributed by atoms with Crippen LogP contribution in [0, 0.1) is 0 Å². The molecule has 1 rings (SSSR count). The zero-order valence-corrected chi connectivity index (χ0v) is 7.47. The SMILES string of the molecule is C=CSC(=C)c1ccc(O)cc1. The minimum absolute atomic E-state index is 0.273. The van der Waals surface area contributed by atoms with Gasteiger partial charge in [-0.25, -0.2) is 0 Å². The lowest BCUT2D eigenvalue weighted by atomic mass is 10.2. The van der Waals surface area contributed by atoms with Crippen molar-refractivity contribution in [3.8, 4) is 5.75 Å². The molecule has 0 unspecified atom stereocenters. The van der Waals surface area contributed by atoms with Gasteiger partial charge in [-0.05, 0) is 23.1 Å². The van der Waals surface area contributed by atoms with Crippen molar-refractivity contribution < 1.29 is 5.11 Å². The summed E-state index contributed by atoms with van der Waals surface area (Å²) >= 11 is 1.48. The van der Waals surface area contributed by atoms with E-state index in [1.165, 1.54) is 11.8 Å². The molecule has 0 aromatic heterocycles. The van der Waals surface area contributed by atoms with Crippen LogP contribution >= 0.6 is 11.8 Å². The summed E-state index contributed by atoms with van der Waals surface area (Å²) in [6.07, 6.45) is 0. The molecule has 1 aromatic rings. The predicted octanol–water partition coefficient (Wildman–Crippen LogP) is 3.24. The van der Waals surface area contributed by atoms with E-state index in [9.17, 15) is 0 Å². The largest absolute Gasteiger partial charge is 0.508 e. The molecule has 0 spiro atoms. The van der Waals surface area contributed by atoms with Gasteiger partial charge in [-0.1, -0.05) is 37.1 Å². The van der Waals surface area contributed by atoms with Crippen LogP contribution in [0.5, 0.6) is 5.75 Å². The van der Waals surface area contributed by atoms with E-state index in [1.54, 1.807) is 17.5 Å². The first-order valence-corrected chi connectivity index (χ1v) is 4.38. The van der Waals surface area contributed by atoms with Gasteiger partial charge in [0.2, 0.25) is 0 Å². The molecule has 0 aliphatic rings. The number of rotatable bonds is 3. The van der Waals surface area contributed by atoms with E-state index in [4.69, 9.17) is 5.11 Å². The summed E-state index contributed by atoms with van der Waals surface area (Å²) in [5, 5.41) is 10.7. The highest BCUT2D eigenvalue weighted by atomic mass is 32.2. The number of phenolic OH excluding ortho intramolecular Hbond substituents is 1. The van der Waals surface area contributed by atoms with E-state index < -0.39 is 0 Å². The molecule has 0 saturated heterocycles. The molecule has 2 heteroatoms. The Morgan fingerprint density at radius 2 is 1.92 bits per heavy atom. The van der Waals surface area contributed by atoms with Gasteiger partial charge in [-0.15, -0.1) is 0 Å². The monoisotopic (exact) mass is 178 g/mol. The molecule has 0 fully saturated rings. The lowest BCUT2D eigenvalue weighted by Crippen LogP contribution is -1.74. The van der Waals surface area contributed by atoms with Crippen molar-refractivity contribution >= 4 is 16.7 Å². The van der Waals surface area contributed by atoms with Gasteiger partial charge < -0.3 is 5.11 Å². The topological polar surface area (TPSA) is 20.2 Å². The standard InChI is InChI=1S/C10H10OS/c1-3-12-8(2)9-4-6-10(11)7-5-9/h3-7,11H,1-2H2. The second kappa shape index (κ2) is 4.02. The van der Waals surface area contributed by atoms with Gasteiger partial charge in [0, 0.05) is 4.91 Å². The Bertz CT molecular complexity index is 287. The Morgan fingerprint density at radius 1 is 1.33 bits per heavy atom. The Hall–Kier alpha value is -1.15. The highest BCUT2D eigenvalue weighted by molar-refractivity contribution is 8.10. The van der Waals surface area contributed by atoms with Gasteiger partial charge in [-0.2, -0.15) is 0 Å². The van der Waals surface area contributed by atoms with Crippen LogP contribution in [-0.2, 0) is 0 Å². The van der Waals surface area contributed by atoms with Crippen LogP contribution in [0.1, 0.15) is 5.56 Å². The molecule has 0 heterocycles. The normalized spacial score (nSPS) is 9.33. The van der Waals surface area contributed by atoms with E-state index in [2.05, 4.69) is 13.2 Å². The Morgan fingerprint density at radius 3 is 2.42 bits per heavy atom. The summed E-state index contributed by atoms with van der Waals surface area (Å²) in [4.78, 5) is 0.935. The molecule has 0 atom stereocenters. The van der Waals surface area contributed by atoms with Crippen LogP contribution < -0.4 is 0 Å². The molecule has 1 nitrogen and oxygen atoms in total. The number of benzene rings is 1. The van der Waals surface area contributed by atoms with Crippen molar-refractivity contribution in [3.63, 3.8) is 0 Å². The Balaban J connectivity index is 2.82. The fourth-order valence-electron chi connectivity index (χ4n) is 0.816. The van der Waals surface area contributed by atoms with Crippen LogP contribution in [0.3, 0.4) is 0 Å². The summed E-state index contributed by atoms with van der Waals surface area (Å²) in [6, 6.07) is 6.94. The minimum Gasteiger partial charge on any atom is -0.508 e. The Labute approximate surface area is 76.4 Å². The molecule has 12 heavy (non-hydrogen) atoms. The quantitative estimate of drug-likeness (QED) is 0.766. The number of aromatic hydroxyl groups is 1. The summed E-state index contributed by atoms with van der Waals surface area (Å²) in [5.41, 5.74) is 1.01. The maximum absolute atomic E-state index is 9.01. The lowest BCUT2D eigenvalue weighted by molar-refractivity contribution is 0.475. The number of hydrogen-bond acceptors (Lipinski definition) is 2. The minimum atomic E-state index is 0.273. The van der Waals surface area contributed by atoms with E-state index in [1.807, 2.05) is 12.1 Å². The van der Waals surface area contributed by atoms with Crippen LogP contribution in [0.15, 0.2) is 42.8 Å². The molecule has 1 N–H and O–H groups in total. The third kappa shape index (κ3) is 2.17. The molecule has 0 amide bonds. The van der Waals surface area contributed by atoms with Crippen molar-refractivity contribution in [2.45, 2.75) is 0 Å². The van der Waals surface area contributed by atoms with Gasteiger partial charge >= 0.3 is 0 Å². The van der Waals surface area contributed by atoms with Gasteiger partial charge in [0.1, 0.15) is 5.75 Å². The molecule has 0 radical (unpaired) electrons. The first-order chi connectivity index (χ1) is 5.74. The van der Waals surface area contributed by atoms with E-state index >= 15 is 0 Å². The lowest BCUT2D eigenvalue weighted by Gasteiger charge is -2.01. The molecular formula is C10H10OS. The van der Waals surface area contributed by atoms with E-state index in [-0.39, 0.29) is 5.75 Å². The highest BCUT2D eigenvalue weighted by Gasteiger charge is 1.96. The van der Waals surface area contributed by atoms with Gasteiger partial charge in [0.15, 0.2) is 0 Å². The second-order valence-corrected chi connectivity index (χ2v) is 3.32. The smallest absolute Gasteiger partial charge is 0.115 e. The van der Waals surface area contributed by atoms with Gasteiger partial charge in [-0.3, -0.25) is 0 Å². The zero-order chi connectivity index (χ0) is 8.97. The summed E-state index contributed by atoms with van der Waals surface area (Å²) in [6.45, 7) is 7.45. The molecule has 0 aliphatic heterocycles. The maximum Gasteiger partial charge on any atom is 0.115 e. The first kappa shape index (κ1) is 8.94. The van der Waals surface area contributed by atoms with E-state index in [0.29, 0.717) is 0 Å². The average Bonchev–Trinajstić information content (AvgIpc) is 2.06. The van der Waals surface area contributed by atoms with Crippen molar-refractivity contribution in [1.29, 1.82) is 0 Å². The first-order valence-electron chi connectivity index (χ1n) is 3.50. The highest BCUT2D eigenvalue weighted by Crippen LogP contribution is 2.26. The van der Waals surface area contributed by atoms with Crippen molar-refractivity contribution in [3.05, 3.63) is 48.4 Å². The van der Waals surface area contributed by atoms with Crippen molar-refractivity contribution in [2.24, 2.45) is 0 Å². The van der Waals surface area contributed by atoms with Crippen molar-refractivity contribution in [1.82, 2.24) is 0 Å². The fourth-order valence-corrected chi connectivity index (χ4v) is 1.29. The van der Waals surface area contributed by atoms with Crippen LogP contribution in [-0.4, -0.2) is 5.11 Å². The van der Waals surface area contributed by atoms with Crippen LogP contribution in [0.4, 0.5) is 0 Å². The summed E-state index contributed by atoms with van der Waals surface area (Å²) in [5.74, 6) is 0.273. The second-order valence-electron chi connectivity index (χ2n) is 2.25. The van der Waals surface area contributed by atoms with Gasteiger partial charge in [0.25, 0.3) is 0 Å². The Kier molecular flexibility index (Phi) is 3.00. The predicted molar refractivity (Wildman–Crippen MR) is 54.9 cm³/mol. The number of phenols is 1. The molecule has 0 aliphatic carbocycles. The van der Waals surface area contributed by atoms with Crippen LogP contribution in [0.25, 0.3) is 4.91 Å². The zero-order valence-electron chi connectivity index (χ0n) is 6.66. The third-order valence-electron chi connectivity index (χ3n) is 1.41. The molecule has 1 aromatic carbocycles.